The second-order valence-corrected chi connectivity index (χ2v) is 9.04. The normalized spacial score (nSPS) is 16.3. The van der Waals surface area contributed by atoms with E-state index >= 15 is 0 Å². The molecule has 0 bridgehead atoms. The predicted octanol–water partition coefficient (Wildman–Crippen LogP) is 6.45. The number of hydrogen-bond donors (Lipinski definition) is 0. The molecule has 0 amide bonds. The van der Waals surface area contributed by atoms with Gasteiger partial charge in [-0.3, -0.25) is 0 Å². The van der Waals surface area contributed by atoms with E-state index in [0.717, 1.165) is 42.6 Å². The SMILES string of the molecule is COCc1nn2c(-c3cccc(C(F)(F)F)c3)cc(N3CCCC3OC)nc2c1-c1ccc(Cl)cc1. The summed E-state index contributed by atoms with van der Waals surface area (Å²) in [6.07, 6.45) is -2.89. The molecule has 36 heavy (non-hydrogen) atoms. The average molecular weight is 517 g/mol. The van der Waals surface area contributed by atoms with Crippen molar-refractivity contribution in [3.05, 3.63) is 70.9 Å². The number of ether oxygens (including phenoxy) is 2. The van der Waals surface area contributed by atoms with Gasteiger partial charge in [-0.2, -0.15) is 18.3 Å². The molecule has 1 saturated heterocycles. The molecule has 3 heterocycles. The van der Waals surface area contributed by atoms with Crippen LogP contribution in [0.15, 0.2) is 54.6 Å². The van der Waals surface area contributed by atoms with Gasteiger partial charge in [-0.15, -0.1) is 0 Å². The van der Waals surface area contributed by atoms with Crippen LogP contribution in [0.25, 0.3) is 28.0 Å². The fraction of sp³-hybridized carbons (Fsp3) is 0.308. The minimum absolute atomic E-state index is 0.172. The first kappa shape index (κ1) is 24.5. The lowest BCUT2D eigenvalue weighted by Crippen LogP contribution is -2.31. The maximum atomic E-state index is 13.6. The number of alkyl halides is 3. The number of benzene rings is 2. The lowest BCUT2D eigenvalue weighted by Gasteiger charge is -2.25. The zero-order valence-electron chi connectivity index (χ0n) is 19.7. The number of halogens is 4. The lowest BCUT2D eigenvalue weighted by atomic mass is 10.1. The molecule has 1 unspecified atom stereocenters. The Balaban J connectivity index is 1.80. The molecule has 0 saturated carbocycles. The first-order valence-electron chi connectivity index (χ1n) is 11.4. The smallest absolute Gasteiger partial charge is 0.378 e. The number of hydrogen-bond acceptors (Lipinski definition) is 5. The lowest BCUT2D eigenvalue weighted by molar-refractivity contribution is -0.137. The summed E-state index contributed by atoms with van der Waals surface area (Å²) < 4.78 is 53.3. The molecule has 0 aliphatic carbocycles. The van der Waals surface area contributed by atoms with Crippen molar-refractivity contribution in [1.82, 2.24) is 14.6 Å². The predicted molar refractivity (Wildman–Crippen MR) is 132 cm³/mol. The van der Waals surface area contributed by atoms with E-state index in [0.29, 0.717) is 33.4 Å². The number of aromatic nitrogens is 3. The summed E-state index contributed by atoms with van der Waals surface area (Å²) in [5, 5.41) is 5.33. The highest BCUT2D eigenvalue weighted by Gasteiger charge is 2.32. The summed E-state index contributed by atoms with van der Waals surface area (Å²) in [5.41, 5.74) is 2.81. The molecule has 1 atom stereocenters. The molecule has 0 spiro atoms. The van der Waals surface area contributed by atoms with Crippen molar-refractivity contribution in [1.29, 1.82) is 0 Å². The summed E-state index contributed by atoms with van der Waals surface area (Å²) in [6.45, 7) is 0.919. The highest BCUT2D eigenvalue weighted by atomic mass is 35.5. The van der Waals surface area contributed by atoms with Crippen LogP contribution in [0.4, 0.5) is 19.0 Å². The molecule has 4 aromatic rings. The topological polar surface area (TPSA) is 51.9 Å². The van der Waals surface area contributed by atoms with Crippen LogP contribution in [0.1, 0.15) is 24.1 Å². The Morgan fingerprint density at radius 1 is 1.06 bits per heavy atom. The van der Waals surface area contributed by atoms with Crippen LogP contribution >= 0.6 is 11.6 Å². The van der Waals surface area contributed by atoms with Crippen molar-refractivity contribution < 1.29 is 22.6 Å². The van der Waals surface area contributed by atoms with Gasteiger partial charge in [0.1, 0.15) is 12.0 Å². The van der Waals surface area contributed by atoms with Crippen molar-refractivity contribution in [3.8, 4) is 22.4 Å². The summed E-state index contributed by atoms with van der Waals surface area (Å²) in [4.78, 5) is 6.98. The zero-order valence-corrected chi connectivity index (χ0v) is 20.5. The van der Waals surface area contributed by atoms with Crippen molar-refractivity contribution in [2.45, 2.75) is 31.9 Å². The quantitative estimate of drug-likeness (QED) is 0.294. The molecule has 2 aromatic carbocycles. The van der Waals surface area contributed by atoms with E-state index in [1.165, 1.54) is 6.07 Å². The molecule has 5 rings (SSSR count). The van der Waals surface area contributed by atoms with Gasteiger partial charge in [0.05, 0.1) is 29.1 Å². The molecule has 1 aliphatic rings. The van der Waals surface area contributed by atoms with Gasteiger partial charge in [0, 0.05) is 37.4 Å². The monoisotopic (exact) mass is 516 g/mol. The molecule has 10 heteroatoms. The number of anilines is 1. The summed E-state index contributed by atoms with van der Waals surface area (Å²) in [7, 11) is 3.21. The van der Waals surface area contributed by atoms with Crippen LogP contribution in [0, 0.1) is 0 Å². The van der Waals surface area contributed by atoms with Crippen LogP contribution in [-0.2, 0) is 22.3 Å². The number of fused-ring (bicyclic) bond motifs is 1. The van der Waals surface area contributed by atoms with Gasteiger partial charge < -0.3 is 14.4 Å². The van der Waals surface area contributed by atoms with Gasteiger partial charge in [-0.1, -0.05) is 35.9 Å². The second kappa shape index (κ2) is 9.72. The van der Waals surface area contributed by atoms with Gasteiger partial charge in [-0.25, -0.2) is 9.50 Å². The molecule has 1 aliphatic heterocycles. The maximum Gasteiger partial charge on any atom is 0.416 e. The van der Waals surface area contributed by atoms with E-state index in [2.05, 4.69) is 0 Å². The standard InChI is InChI=1S/C26H24ClF3N4O2/c1-35-15-20-24(16-8-10-19(27)11-9-16)25-31-22(33-12-4-7-23(33)36-2)14-21(34(25)32-20)17-5-3-6-18(13-17)26(28,29)30/h3,5-6,8-11,13-14,23H,4,7,12,15H2,1-2H3. The Bertz CT molecular complexity index is 1390. The van der Waals surface area contributed by atoms with E-state index in [1.807, 2.05) is 17.0 Å². The van der Waals surface area contributed by atoms with Crippen molar-refractivity contribution in [3.63, 3.8) is 0 Å². The third-order valence-electron chi connectivity index (χ3n) is 6.31. The van der Waals surface area contributed by atoms with Crippen molar-refractivity contribution in [2.24, 2.45) is 0 Å². The zero-order chi connectivity index (χ0) is 25.4. The highest BCUT2D eigenvalue weighted by Crippen LogP contribution is 2.37. The van der Waals surface area contributed by atoms with E-state index in [9.17, 15) is 13.2 Å². The number of methoxy groups -OCH3 is 2. The molecule has 6 nitrogen and oxygen atoms in total. The van der Waals surface area contributed by atoms with Crippen LogP contribution in [0.5, 0.6) is 0 Å². The summed E-state index contributed by atoms with van der Waals surface area (Å²) in [5.74, 6) is 0.610. The Morgan fingerprint density at radius 3 is 2.53 bits per heavy atom. The Hall–Kier alpha value is -3.14. The van der Waals surface area contributed by atoms with Crippen LogP contribution in [0.2, 0.25) is 5.02 Å². The fourth-order valence-corrected chi connectivity index (χ4v) is 4.78. The van der Waals surface area contributed by atoms with Gasteiger partial charge >= 0.3 is 6.18 Å². The molecular weight excluding hydrogens is 493 g/mol. The highest BCUT2D eigenvalue weighted by molar-refractivity contribution is 6.30. The summed E-state index contributed by atoms with van der Waals surface area (Å²) in [6, 6.07) is 14.3. The Labute approximate surface area is 211 Å². The minimum Gasteiger partial charge on any atom is -0.378 e. The van der Waals surface area contributed by atoms with Crippen molar-refractivity contribution >= 4 is 23.1 Å². The van der Waals surface area contributed by atoms with Crippen LogP contribution < -0.4 is 4.90 Å². The number of rotatable bonds is 6. The molecule has 0 N–H and O–H groups in total. The van der Waals surface area contributed by atoms with Gasteiger partial charge in [-0.05, 0) is 42.7 Å². The van der Waals surface area contributed by atoms with E-state index in [1.54, 1.807) is 43.0 Å². The van der Waals surface area contributed by atoms with Gasteiger partial charge in [0.15, 0.2) is 5.65 Å². The Morgan fingerprint density at radius 2 is 1.83 bits per heavy atom. The molecule has 1 fully saturated rings. The largest absolute Gasteiger partial charge is 0.416 e. The van der Waals surface area contributed by atoms with Crippen LogP contribution in [-0.4, -0.2) is 41.6 Å². The van der Waals surface area contributed by atoms with E-state index < -0.39 is 11.7 Å². The maximum absolute atomic E-state index is 13.6. The Kier molecular flexibility index (Phi) is 6.63. The van der Waals surface area contributed by atoms with Gasteiger partial charge in [0.2, 0.25) is 0 Å². The van der Waals surface area contributed by atoms with Crippen molar-refractivity contribution in [2.75, 3.05) is 25.7 Å². The van der Waals surface area contributed by atoms with Crippen LogP contribution in [0.3, 0.4) is 0 Å². The van der Waals surface area contributed by atoms with E-state index in [-0.39, 0.29) is 12.8 Å². The van der Waals surface area contributed by atoms with Gasteiger partial charge in [0.25, 0.3) is 0 Å². The molecule has 2 aromatic heterocycles. The fourth-order valence-electron chi connectivity index (χ4n) is 4.65. The molecular formula is C26H24ClF3N4O2. The average Bonchev–Trinajstić information content (AvgIpc) is 3.48. The number of nitrogens with zero attached hydrogens (tertiary/aromatic N) is 4. The molecule has 0 radical (unpaired) electrons. The van der Waals surface area contributed by atoms with E-state index in [4.69, 9.17) is 31.2 Å². The second-order valence-electron chi connectivity index (χ2n) is 8.60. The first-order chi connectivity index (χ1) is 17.3. The summed E-state index contributed by atoms with van der Waals surface area (Å²) >= 11 is 6.12. The first-order valence-corrected chi connectivity index (χ1v) is 11.8. The third kappa shape index (κ3) is 4.54. The minimum atomic E-state index is -4.47. The third-order valence-corrected chi connectivity index (χ3v) is 6.56. The molecule has 188 valence electrons.